The molecule has 1 N–H and O–H groups in total. The zero-order valence-electron chi connectivity index (χ0n) is 10.0. The van der Waals surface area contributed by atoms with Gasteiger partial charge in [0.05, 0.1) is 11.2 Å². The molecule has 96 valence electrons. The molecule has 0 aliphatic rings. The van der Waals surface area contributed by atoms with E-state index in [2.05, 4.69) is 0 Å². The molecule has 0 aromatic heterocycles. The van der Waals surface area contributed by atoms with Gasteiger partial charge in [-0.15, -0.1) is 0 Å². The van der Waals surface area contributed by atoms with E-state index in [0.717, 1.165) is 18.6 Å². The van der Waals surface area contributed by atoms with Crippen LogP contribution in [0, 0.1) is 0 Å². The van der Waals surface area contributed by atoms with Gasteiger partial charge in [0.25, 0.3) is 0 Å². The van der Waals surface area contributed by atoms with Crippen LogP contribution >= 0.6 is 0 Å². The second-order valence-electron chi connectivity index (χ2n) is 4.62. The minimum absolute atomic E-state index is 0.241. The summed E-state index contributed by atoms with van der Waals surface area (Å²) >= 11 is 0. The van der Waals surface area contributed by atoms with E-state index < -0.39 is 17.3 Å². The summed E-state index contributed by atoms with van der Waals surface area (Å²) in [6.07, 6.45) is -2.72. The monoisotopic (exact) mass is 246 g/mol. The number of alkyl halides is 3. The normalized spacial score (nSPS) is 15.6. The van der Waals surface area contributed by atoms with Crippen molar-refractivity contribution in [3.8, 4) is 0 Å². The molecular formula is C13H17F3O. The maximum Gasteiger partial charge on any atom is 0.416 e. The van der Waals surface area contributed by atoms with Crippen LogP contribution in [0.1, 0.15) is 37.8 Å². The van der Waals surface area contributed by atoms with Gasteiger partial charge in [0, 0.05) is 6.42 Å². The summed E-state index contributed by atoms with van der Waals surface area (Å²) in [7, 11) is 0. The van der Waals surface area contributed by atoms with Gasteiger partial charge in [-0.1, -0.05) is 31.5 Å². The molecule has 1 aromatic carbocycles. The molecule has 0 saturated heterocycles. The lowest BCUT2D eigenvalue weighted by Crippen LogP contribution is -2.26. The van der Waals surface area contributed by atoms with Crippen LogP contribution in [0.4, 0.5) is 13.2 Å². The van der Waals surface area contributed by atoms with Gasteiger partial charge in [0.15, 0.2) is 0 Å². The Morgan fingerprint density at radius 2 is 1.88 bits per heavy atom. The Balaban J connectivity index is 2.86. The van der Waals surface area contributed by atoms with Gasteiger partial charge in [-0.3, -0.25) is 0 Å². The van der Waals surface area contributed by atoms with Crippen LogP contribution in [0.5, 0.6) is 0 Å². The lowest BCUT2D eigenvalue weighted by molar-refractivity contribution is -0.137. The van der Waals surface area contributed by atoms with Crippen molar-refractivity contribution >= 4 is 0 Å². The van der Waals surface area contributed by atoms with Crippen molar-refractivity contribution in [2.75, 3.05) is 0 Å². The fraction of sp³-hybridized carbons (Fsp3) is 0.538. The zero-order chi connectivity index (χ0) is 13.1. The van der Waals surface area contributed by atoms with Crippen molar-refractivity contribution < 1.29 is 18.3 Å². The predicted molar refractivity (Wildman–Crippen MR) is 60.7 cm³/mol. The van der Waals surface area contributed by atoms with Crippen molar-refractivity contribution in [1.29, 1.82) is 0 Å². The number of hydrogen-bond donors (Lipinski definition) is 1. The number of benzene rings is 1. The van der Waals surface area contributed by atoms with Gasteiger partial charge >= 0.3 is 6.18 Å². The van der Waals surface area contributed by atoms with E-state index in [1.165, 1.54) is 6.07 Å². The van der Waals surface area contributed by atoms with Crippen molar-refractivity contribution in [2.45, 2.75) is 44.9 Å². The van der Waals surface area contributed by atoms with Gasteiger partial charge in [-0.2, -0.15) is 13.2 Å². The van der Waals surface area contributed by atoms with Gasteiger partial charge in [0.2, 0.25) is 0 Å². The first-order valence-corrected chi connectivity index (χ1v) is 5.63. The van der Waals surface area contributed by atoms with Gasteiger partial charge < -0.3 is 5.11 Å². The van der Waals surface area contributed by atoms with Gasteiger partial charge in [-0.05, 0) is 25.0 Å². The average molecular weight is 246 g/mol. The topological polar surface area (TPSA) is 20.2 Å². The summed E-state index contributed by atoms with van der Waals surface area (Å²) in [5, 5.41) is 9.98. The molecule has 1 atom stereocenters. The van der Waals surface area contributed by atoms with Gasteiger partial charge in [-0.25, -0.2) is 0 Å². The van der Waals surface area contributed by atoms with Crippen LogP contribution in [0.25, 0.3) is 0 Å². The standard InChI is InChI=1S/C13H17F3O/c1-3-7-12(2,17)9-10-5-4-6-11(8-10)13(14,15)16/h4-6,8,17H,3,7,9H2,1-2H3. The lowest BCUT2D eigenvalue weighted by Gasteiger charge is -2.23. The molecule has 0 saturated carbocycles. The first kappa shape index (κ1) is 14.0. The van der Waals surface area contributed by atoms with E-state index in [4.69, 9.17) is 0 Å². The summed E-state index contributed by atoms with van der Waals surface area (Å²) in [6, 6.07) is 5.13. The van der Waals surface area contributed by atoms with Crippen LogP contribution in [-0.4, -0.2) is 10.7 Å². The molecule has 1 nitrogen and oxygen atoms in total. The molecule has 0 fully saturated rings. The Hall–Kier alpha value is -1.03. The summed E-state index contributed by atoms with van der Waals surface area (Å²) in [5.41, 5.74) is -1.10. The molecule has 0 amide bonds. The summed E-state index contributed by atoms with van der Waals surface area (Å²) in [6.45, 7) is 3.58. The Labute approximate surface area is 99.3 Å². The van der Waals surface area contributed by atoms with E-state index in [-0.39, 0.29) is 6.42 Å². The van der Waals surface area contributed by atoms with E-state index in [1.54, 1.807) is 13.0 Å². The van der Waals surface area contributed by atoms with Crippen LogP contribution in [-0.2, 0) is 12.6 Å². The molecule has 17 heavy (non-hydrogen) atoms. The summed E-state index contributed by atoms with van der Waals surface area (Å²) in [5.74, 6) is 0. The highest BCUT2D eigenvalue weighted by molar-refractivity contribution is 5.26. The average Bonchev–Trinajstić information content (AvgIpc) is 2.15. The van der Waals surface area contributed by atoms with Crippen molar-refractivity contribution in [3.05, 3.63) is 35.4 Å². The minimum Gasteiger partial charge on any atom is -0.390 e. The fourth-order valence-corrected chi connectivity index (χ4v) is 1.92. The molecule has 0 heterocycles. The second-order valence-corrected chi connectivity index (χ2v) is 4.62. The summed E-state index contributed by atoms with van der Waals surface area (Å²) < 4.78 is 37.5. The summed E-state index contributed by atoms with van der Waals surface area (Å²) in [4.78, 5) is 0. The molecule has 1 aromatic rings. The third-order valence-electron chi connectivity index (χ3n) is 2.63. The van der Waals surface area contributed by atoms with Crippen LogP contribution in [0.3, 0.4) is 0 Å². The molecule has 4 heteroatoms. The van der Waals surface area contributed by atoms with Crippen molar-refractivity contribution in [3.63, 3.8) is 0 Å². The van der Waals surface area contributed by atoms with Crippen LogP contribution < -0.4 is 0 Å². The molecule has 1 unspecified atom stereocenters. The Morgan fingerprint density at radius 3 is 2.41 bits per heavy atom. The van der Waals surface area contributed by atoms with Crippen LogP contribution in [0.2, 0.25) is 0 Å². The number of hydrogen-bond acceptors (Lipinski definition) is 1. The van der Waals surface area contributed by atoms with E-state index in [1.807, 2.05) is 6.92 Å². The first-order chi connectivity index (χ1) is 7.74. The molecule has 0 radical (unpaired) electrons. The minimum atomic E-state index is -4.33. The highest BCUT2D eigenvalue weighted by atomic mass is 19.4. The highest BCUT2D eigenvalue weighted by Crippen LogP contribution is 2.30. The first-order valence-electron chi connectivity index (χ1n) is 5.63. The smallest absolute Gasteiger partial charge is 0.390 e. The van der Waals surface area contributed by atoms with E-state index >= 15 is 0 Å². The maximum atomic E-state index is 12.5. The third kappa shape index (κ3) is 4.38. The second kappa shape index (κ2) is 5.08. The number of halogens is 3. The maximum absolute atomic E-state index is 12.5. The van der Waals surface area contributed by atoms with E-state index in [9.17, 15) is 18.3 Å². The largest absolute Gasteiger partial charge is 0.416 e. The molecule has 1 rings (SSSR count). The molecule has 0 aliphatic heterocycles. The molecule has 0 bridgehead atoms. The number of aliphatic hydroxyl groups is 1. The predicted octanol–water partition coefficient (Wildman–Crippen LogP) is 3.80. The molecule has 0 spiro atoms. The highest BCUT2D eigenvalue weighted by Gasteiger charge is 2.31. The van der Waals surface area contributed by atoms with E-state index in [0.29, 0.717) is 12.0 Å². The zero-order valence-corrected chi connectivity index (χ0v) is 10.0. The fourth-order valence-electron chi connectivity index (χ4n) is 1.92. The van der Waals surface area contributed by atoms with Gasteiger partial charge in [0.1, 0.15) is 0 Å². The third-order valence-corrected chi connectivity index (χ3v) is 2.63. The SMILES string of the molecule is CCCC(C)(O)Cc1cccc(C(F)(F)F)c1. The Morgan fingerprint density at radius 1 is 1.24 bits per heavy atom. The van der Waals surface area contributed by atoms with Crippen molar-refractivity contribution in [2.24, 2.45) is 0 Å². The Bertz CT molecular complexity index is 369. The number of rotatable bonds is 4. The lowest BCUT2D eigenvalue weighted by atomic mass is 9.91. The quantitative estimate of drug-likeness (QED) is 0.856. The van der Waals surface area contributed by atoms with Crippen LogP contribution in [0.15, 0.2) is 24.3 Å². The molecular weight excluding hydrogens is 229 g/mol. The van der Waals surface area contributed by atoms with Crippen molar-refractivity contribution in [1.82, 2.24) is 0 Å². The Kier molecular flexibility index (Phi) is 4.20. The molecule has 0 aliphatic carbocycles.